The van der Waals surface area contributed by atoms with Crippen LogP contribution in [0, 0.1) is 0 Å². The van der Waals surface area contributed by atoms with Crippen molar-refractivity contribution in [3.63, 3.8) is 0 Å². The zero-order chi connectivity index (χ0) is 10.0. The van der Waals surface area contributed by atoms with Gasteiger partial charge in [-0.3, -0.25) is 4.90 Å². The summed E-state index contributed by atoms with van der Waals surface area (Å²) in [4.78, 5) is 2.36. The van der Waals surface area contributed by atoms with Gasteiger partial charge in [-0.05, 0) is 32.0 Å². The second-order valence-electron chi connectivity index (χ2n) is 4.22. The molecule has 0 saturated carbocycles. The molecule has 2 N–H and O–H groups in total. The highest BCUT2D eigenvalue weighted by atomic mass is 16.5. The van der Waals surface area contributed by atoms with E-state index in [1.54, 1.807) is 6.08 Å². The van der Waals surface area contributed by atoms with Gasteiger partial charge in [0, 0.05) is 13.0 Å². The molecular formula is C11H17NO2. The summed E-state index contributed by atoms with van der Waals surface area (Å²) in [5.41, 5.74) is 1.11. The molecule has 1 aliphatic carbocycles. The van der Waals surface area contributed by atoms with E-state index in [1.807, 2.05) is 6.08 Å². The van der Waals surface area contributed by atoms with Crippen LogP contribution in [-0.2, 0) is 0 Å². The van der Waals surface area contributed by atoms with E-state index in [4.69, 9.17) is 0 Å². The van der Waals surface area contributed by atoms with Crippen molar-refractivity contribution in [2.75, 3.05) is 19.6 Å². The van der Waals surface area contributed by atoms with Crippen LogP contribution in [0.1, 0.15) is 19.3 Å². The standard InChI is InChI=1S/C11H17NO2/c13-11(14)5-3-4-10(8-11)9-12-6-1-2-7-12/h3-5,13-14H,1-2,6-9H2. The van der Waals surface area contributed by atoms with Gasteiger partial charge in [0.15, 0.2) is 5.79 Å². The zero-order valence-corrected chi connectivity index (χ0v) is 8.32. The first-order chi connectivity index (χ1) is 6.66. The van der Waals surface area contributed by atoms with Gasteiger partial charge < -0.3 is 10.2 Å². The van der Waals surface area contributed by atoms with Gasteiger partial charge in [0.25, 0.3) is 0 Å². The van der Waals surface area contributed by atoms with Crippen LogP contribution in [0.15, 0.2) is 23.8 Å². The summed E-state index contributed by atoms with van der Waals surface area (Å²) >= 11 is 0. The molecule has 0 aromatic rings. The fourth-order valence-corrected chi connectivity index (χ4v) is 2.13. The molecule has 3 nitrogen and oxygen atoms in total. The Morgan fingerprint density at radius 3 is 2.64 bits per heavy atom. The summed E-state index contributed by atoms with van der Waals surface area (Å²) in [6.45, 7) is 3.17. The van der Waals surface area contributed by atoms with E-state index < -0.39 is 5.79 Å². The summed E-state index contributed by atoms with van der Waals surface area (Å²) < 4.78 is 0. The molecule has 0 amide bonds. The number of nitrogens with zero attached hydrogens (tertiary/aromatic N) is 1. The number of likely N-dealkylation sites (tertiary alicyclic amines) is 1. The van der Waals surface area contributed by atoms with E-state index in [-0.39, 0.29) is 0 Å². The van der Waals surface area contributed by atoms with Gasteiger partial charge in [0.2, 0.25) is 0 Å². The molecule has 3 heteroatoms. The molecule has 2 aliphatic rings. The lowest BCUT2D eigenvalue weighted by Gasteiger charge is -2.25. The van der Waals surface area contributed by atoms with Crippen LogP contribution in [0.4, 0.5) is 0 Å². The maximum absolute atomic E-state index is 9.43. The van der Waals surface area contributed by atoms with E-state index in [1.165, 1.54) is 18.9 Å². The molecule has 0 radical (unpaired) electrons. The first-order valence-electron chi connectivity index (χ1n) is 5.20. The Morgan fingerprint density at radius 2 is 2.00 bits per heavy atom. The summed E-state index contributed by atoms with van der Waals surface area (Å²) in [6.07, 6.45) is 8.04. The maximum Gasteiger partial charge on any atom is 0.186 e. The van der Waals surface area contributed by atoms with E-state index in [2.05, 4.69) is 4.90 Å². The van der Waals surface area contributed by atoms with Crippen LogP contribution < -0.4 is 0 Å². The van der Waals surface area contributed by atoms with Crippen LogP contribution in [0.5, 0.6) is 0 Å². The van der Waals surface area contributed by atoms with Crippen LogP contribution >= 0.6 is 0 Å². The molecule has 1 saturated heterocycles. The second-order valence-corrected chi connectivity index (χ2v) is 4.22. The van der Waals surface area contributed by atoms with Crippen molar-refractivity contribution in [1.82, 2.24) is 4.90 Å². The third-order valence-electron chi connectivity index (χ3n) is 2.81. The van der Waals surface area contributed by atoms with E-state index >= 15 is 0 Å². The lowest BCUT2D eigenvalue weighted by Crippen LogP contribution is -2.31. The van der Waals surface area contributed by atoms with Crippen molar-refractivity contribution in [3.05, 3.63) is 23.8 Å². The van der Waals surface area contributed by atoms with Gasteiger partial charge in [-0.1, -0.05) is 17.7 Å². The third-order valence-corrected chi connectivity index (χ3v) is 2.81. The predicted molar refractivity (Wildman–Crippen MR) is 54.7 cm³/mol. The van der Waals surface area contributed by atoms with Crippen molar-refractivity contribution < 1.29 is 10.2 Å². The Balaban J connectivity index is 1.92. The Morgan fingerprint density at radius 1 is 1.29 bits per heavy atom. The highest BCUT2D eigenvalue weighted by molar-refractivity contribution is 5.23. The van der Waals surface area contributed by atoms with Gasteiger partial charge in [-0.25, -0.2) is 0 Å². The second kappa shape index (κ2) is 3.85. The highest BCUT2D eigenvalue weighted by Gasteiger charge is 2.24. The molecule has 0 spiro atoms. The van der Waals surface area contributed by atoms with Crippen molar-refractivity contribution in [1.29, 1.82) is 0 Å². The fourth-order valence-electron chi connectivity index (χ4n) is 2.13. The zero-order valence-electron chi connectivity index (χ0n) is 8.32. The van der Waals surface area contributed by atoms with E-state index in [0.717, 1.165) is 25.2 Å². The molecule has 0 aromatic heterocycles. The molecule has 1 fully saturated rings. The van der Waals surface area contributed by atoms with Gasteiger partial charge in [-0.2, -0.15) is 0 Å². The molecule has 0 unspecified atom stereocenters. The smallest absolute Gasteiger partial charge is 0.186 e. The third kappa shape index (κ3) is 2.44. The lowest BCUT2D eigenvalue weighted by molar-refractivity contribution is -0.117. The number of hydrogen-bond donors (Lipinski definition) is 2. The molecule has 0 aromatic carbocycles. The fraction of sp³-hybridized carbons (Fsp3) is 0.636. The molecule has 2 rings (SSSR count). The Bertz CT molecular complexity index is 262. The SMILES string of the molecule is OC1(O)C=CC=C(CN2CCCC2)C1. The minimum absolute atomic E-state index is 0.347. The molecule has 0 bridgehead atoms. The quantitative estimate of drug-likeness (QED) is 0.636. The number of allylic oxidation sites excluding steroid dienone is 2. The van der Waals surface area contributed by atoms with Gasteiger partial charge >= 0.3 is 0 Å². The maximum atomic E-state index is 9.43. The van der Waals surface area contributed by atoms with Crippen LogP contribution in [0.3, 0.4) is 0 Å². The normalized spacial score (nSPS) is 26.6. The average molecular weight is 195 g/mol. The minimum atomic E-state index is -1.62. The monoisotopic (exact) mass is 195 g/mol. The van der Waals surface area contributed by atoms with Crippen molar-refractivity contribution in [3.8, 4) is 0 Å². The Hall–Kier alpha value is -0.640. The molecular weight excluding hydrogens is 178 g/mol. The first kappa shape index (κ1) is 9.90. The lowest BCUT2D eigenvalue weighted by atomic mass is 9.99. The summed E-state index contributed by atoms with van der Waals surface area (Å²) in [7, 11) is 0. The largest absolute Gasteiger partial charge is 0.362 e. The molecule has 78 valence electrons. The minimum Gasteiger partial charge on any atom is -0.362 e. The molecule has 14 heavy (non-hydrogen) atoms. The van der Waals surface area contributed by atoms with E-state index in [0.29, 0.717) is 6.42 Å². The van der Waals surface area contributed by atoms with Crippen LogP contribution in [-0.4, -0.2) is 40.5 Å². The number of rotatable bonds is 2. The van der Waals surface area contributed by atoms with Gasteiger partial charge in [0.05, 0.1) is 0 Å². The summed E-state index contributed by atoms with van der Waals surface area (Å²) in [5.74, 6) is -1.62. The average Bonchev–Trinajstić information content (AvgIpc) is 2.54. The topological polar surface area (TPSA) is 43.7 Å². The number of aliphatic hydroxyl groups is 2. The van der Waals surface area contributed by atoms with Gasteiger partial charge in [0.1, 0.15) is 0 Å². The van der Waals surface area contributed by atoms with Crippen molar-refractivity contribution >= 4 is 0 Å². The Kier molecular flexibility index (Phi) is 2.72. The predicted octanol–water partition coefficient (Wildman–Crippen LogP) is 0.649. The van der Waals surface area contributed by atoms with Crippen LogP contribution in [0.25, 0.3) is 0 Å². The number of hydrogen-bond acceptors (Lipinski definition) is 3. The summed E-state index contributed by atoms with van der Waals surface area (Å²) in [6, 6.07) is 0. The Labute approximate surface area is 84.3 Å². The van der Waals surface area contributed by atoms with Crippen LogP contribution in [0.2, 0.25) is 0 Å². The molecule has 0 atom stereocenters. The van der Waals surface area contributed by atoms with Crippen molar-refractivity contribution in [2.45, 2.75) is 25.0 Å². The van der Waals surface area contributed by atoms with Crippen molar-refractivity contribution in [2.24, 2.45) is 0 Å². The van der Waals surface area contributed by atoms with Gasteiger partial charge in [-0.15, -0.1) is 0 Å². The molecule has 1 heterocycles. The highest BCUT2D eigenvalue weighted by Crippen LogP contribution is 2.22. The first-order valence-corrected chi connectivity index (χ1v) is 5.20. The summed E-state index contributed by atoms with van der Waals surface area (Å²) in [5, 5.41) is 18.9. The van der Waals surface area contributed by atoms with E-state index in [9.17, 15) is 10.2 Å². The molecule has 1 aliphatic heterocycles.